The lowest BCUT2D eigenvalue weighted by Crippen LogP contribution is -2.08. The maximum absolute atomic E-state index is 10.9. The Kier molecular flexibility index (Phi) is 4.50. The number of anilines is 1. The molecule has 0 saturated heterocycles. The van der Waals surface area contributed by atoms with E-state index in [1.807, 2.05) is 61.5 Å². The van der Waals surface area contributed by atoms with Crippen molar-refractivity contribution in [1.82, 2.24) is 0 Å². The van der Waals surface area contributed by atoms with Gasteiger partial charge in [-0.1, -0.05) is 42.5 Å². The number of para-hydroxylation sites is 1. The summed E-state index contributed by atoms with van der Waals surface area (Å²) in [6.45, 7) is 1.86. The van der Waals surface area contributed by atoms with Crippen molar-refractivity contribution >= 4 is 17.4 Å². The highest BCUT2D eigenvalue weighted by molar-refractivity contribution is 6.01. The van der Waals surface area contributed by atoms with E-state index in [1.54, 1.807) is 0 Å². The third kappa shape index (κ3) is 3.68. The summed E-state index contributed by atoms with van der Waals surface area (Å²) in [5.41, 5.74) is 6.22. The Hall–Kier alpha value is -2.62. The van der Waals surface area contributed by atoms with Gasteiger partial charge < -0.3 is 5.11 Å². The summed E-state index contributed by atoms with van der Waals surface area (Å²) < 4.78 is 0. The Labute approximate surface area is 117 Å². The molecule has 4 heteroatoms. The number of rotatable bonds is 5. The van der Waals surface area contributed by atoms with Crippen molar-refractivity contribution in [2.45, 2.75) is 13.3 Å². The molecule has 0 atom stereocenters. The third-order valence-corrected chi connectivity index (χ3v) is 2.88. The number of carboxylic acids is 1. The predicted octanol–water partition coefficient (Wildman–Crippen LogP) is 3.15. The topological polar surface area (TPSA) is 61.7 Å². The molecule has 2 rings (SSSR count). The van der Waals surface area contributed by atoms with Gasteiger partial charge in [-0.05, 0) is 24.6 Å². The average molecular weight is 268 g/mol. The molecule has 0 fully saturated rings. The number of hydrogen-bond acceptors (Lipinski definition) is 3. The van der Waals surface area contributed by atoms with Gasteiger partial charge in [0.1, 0.15) is 0 Å². The van der Waals surface area contributed by atoms with E-state index in [0.29, 0.717) is 0 Å². The number of benzene rings is 2. The van der Waals surface area contributed by atoms with Gasteiger partial charge in [0.2, 0.25) is 0 Å². The minimum atomic E-state index is -0.846. The largest absolute Gasteiger partial charge is 0.481 e. The molecule has 2 N–H and O–H groups in total. The maximum atomic E-state index is 10.9. The number of hydrogen-bond donors (Lipinski definition) is 2. The fourth-order valence-corrected chi connectivity index (χ4v) is 1.91. The van der Waals surface area contributed by atoms with Gasteiger partial charge in [0.05, 0.1) is 17.8 Å². The molecule has 0 heterocycles. The van der Waals surface area contributed by atoms with Gasteiger partial charge in [-0.15, -0.1) is 0 Å². The maximum Gasteiger partial charge on any atom is 0.307 e. The number of carbonyl (C=O) groups is 1. The molecule has 0 radical (unpaired) electrons. The van der Waals surface area contributed by atoms with E-state index in [0.717, 1.165) is 22.5 Å². The van der Waals surface area contributed by atoms with Gasteiger partial charge in [-0.25, -0.2) is 0 Å². The van der Waals surface area contributed by atoms with Crippen LogP contribution in [-0.2, 0) is 11.2 Å². The first kappa shape index (κ1) is 13.8. The predicted molar refractivity (Wildman–Crippen MR) is 80.1 cm³/mol. The van der Waals surface area contributed by atoms with E-state index in [9.17, 15) is 4.79 Å². The summed E-state index contributed by atoms with van der Waals surface area (Å²) in [6, 6.07) is 17.0. The molecule has 0 aliphatic carbocycles. The van der Waals surface area contributed by atoms with Crippen LogP contribution >= 0.6 is 0 Å². The van der Waals surface area contributed by atoms with Crippen LogP contribution in [0.25, 0.3) is 0 Å². The second-order valence-electron chi connectivity index (χ2n) is 4.40. The molecule has 0 spiro atoms. The average Bonchev–Trinajstić information content (AvgIpc) is 2.46. The Morgan fingerprint density at radius 2 is 1.75 bits per heavy atom. The smallest absolute Gasteiger partial charge is 0.307 e. The van der Waals surface area contributed by atoms with Crippen molar-refractivity contribution in [3.8, 4) is 0 Å². The molecule has 2 aromatic carbocycles. The van der Waals surface area contributed by atoms with E-state index in [-0.39, 0.29) is 6.42 Å². The highest BCUT2D eigenvalue weighted by atomic mass is 16.4. The second-order valence-corrected chi connectivity index (χ2v) is 4.40. The monoisotopic (exact) mass is 268 g/mol. The molecule has 0 aromatic heterocycles. The quantitative estimate of drug-likeness (QED) is 0.647. The summed E-state index contributed by atoms with van der Waals surface area (Å²) in [5.74, 6) is -0.846. The minimum Gasteiger partial charge on any atom is -0.481 e. The highest BCUT2D eigenvalue weighted by Crippen LogP contribution is 2.12. The van der Waals surface area contributed by atoms with Crippen molar-refractivity contribution in [2.24, 2.45) is 5.10 Å². The SMILES string of the molecule is C/C(=N/Nc1ccccc1)c1ccccc1CC(=O)O. The van der Waals surface area contributed by atoms with Crippen LogP contribution in [0.2, 0.25) is 0 Å². The number of hydrazone groups is 1. The van der Waals surface area contributed by atoms with Crippen molar-refractivity contribution in [3.63, 3.8) is 0 Å². The molecule has 2 aromatic rings. The van der Waals surface area contributed by atoms with Crippen LogP contribution in [-0.4, -0.2) is 16.8 Å². The molecule has 0 amide bonds. The Morgan fingerprint density at radius 1 is 1.10 bits per heavy atom. The van der Waals surface area contributed by atoms with Crippen LogP contribution < -0.4 is 5.43 Å². The Balaban J connectivity index is 2.20. The van der Waals surface area contributed by atoms with Crippen LogP contribution in [0.1, 0.15) is 18.1 Å². The van der Waals surface area contributed by atoms with E-state index < -0.39 is 5.97 Å². The zero-order chi connectivity index (χ0) is 14.4. The summed E-state index contributed by atoms with van der Waals surface area (Å²) in [5, 5.41) is 13.2. The lowest BCUT2D eigenvalue weighted by atomic mass is 10.0. The molecule has 0 aliphatic rings. The van der Waals surface area contributed by atoms with Gasteiger partial charge in [0.15, 0.2) is 0 Å². The first-order valence-corrected chi connectivity index (χ1v) is 6.32. The van der Waals surface area contributed by atoms with Crippen molar-refractivity contribution in [3.05, 3.63) is 65.7 Å². The zero-order valence-electron chi connectivity index (χ0n) is 11.2. The third-order valence-electron chi connectivity index (χ3n) is 2.88. The lowest BCUT2D eigenvalue weighted by molar-refractivity contribution is -0.136. The van der Waals surface area contributed by atoms with Crippen LogP contribution in [0.5, 0.6) is 0 Å². The van der Waals surface area contributed by atoms with Crippen molar-refractivity contribution in [2.75, 3.05) is 5.43 Å². The van der Waals surface area contributed by atoms with Crippen molar-refractivity contribution < 1.29 is 9.90 Å². The van der Waals surface area contributed by atoms with E-state index >= 15 is 0 Å². The van der Waals surface area contributed by atoms with Crippen LogP contribution in [0.3, 0.4) is 0 Å². The summed E-state index contributed by atoms with van der Waals surface area (Å²) >= 11 is 0. The van der Waals surface area contributed by atoms with Gasteiger partial charge in [-0.2, -0.15) is 5.10 Å². The summed E-state index contributed by atoms with van der Waals surface area (Å²) in [4.78, 5) is 10.9. The first-order valence-electron chi connectivity index (χ1n) is 6.32. The van der Waals surface area contributed by atoms with Crippen LogP contribution in [0.4, 0.5) is 5.69 Å². The normalized spacial score (nSPS) is 11.2. The number of nitrogens with zero attached hydrogens (tertiary/aromatic N) is 1. The molecule has 0 unspecified atom stereocenters. The molecule has 102 valence electrons. The van der Waals surface area contributed by atoms with Gasteiger partial charge >= 0.3 is 5.97 Å². The zero-order valence-corrected chi connectivity index (χ0v) is 11.2. The minimum absolute atomic E-state index is 0.00559. The van der Waals surface area contributed by atoms with E-state index in [2.05, 4.69) is 10.5 Å². The molecular formula is C16H16N2O2. The molecule has 0 saturated carbocycles. The molecular weight excluding hydrogens is 252 g/mol. The van der Waals surface area contributed by atoms with Gasteiger partial charge in [-0.3, -0.25) is 10.2 Å². The molecule has 0 aliphatic heterocycles. The first-order chi connectivity index (χ1) is 9.66. The molecule has 4 nitrogen and oxygen atoms in total. The van der Waals surface area contributed by atoms with Crippen LogP contribution in [0, 0.1) is 0 Å². The van der Waals surface area contributed by atoms with E-state index in [1.165, 1.54) is 0 Å². The molecule has 20 heavy (non-hydrogen) atoms. The lowest BCUT2D eigenvalue weighted by Gasteiger charge is -2.08. The van der Waals surface area contributed by atoms with Crippen LogP contribution in [0.15, 0.2) is 59.7 Å². The number of carboxylic acid groups (broad SMARTS) is 1. The Morgan fingerprint density at radius 3 is 2.45 bits per heavy atom. The van der Waals surface area contributed by atoms with Crippen molar-refractivity contribution in [1.29, 1.82) is 0 Å². The number of nitrogens with one attached hydrogen (secondary N) is 1. The fourth-order valence-electron chi connectivity index (χ4n) is 1.91. The summed E-state index contributed by atoms with van der Waals surface area (Å²) in [6.07, 6.45) is -0.00559. The Bertz CT molecular complexity index is 621. The van der Waals surface area contributed by atoms with E-state index in [4.69, 9.17) is 5.11 Å². The number of aliphatic carboxylic acids is 1. The summed E-state index contributed by atoms with van der Waals surface area (Å²) in [7, 11) is 0. The second kappa shape index (κ2) is 6.52. The van der Waals surface area contributed by atoms with Gasteiger partial charge in [0, 0.05) is 5.56 Å². The highest BCUT2D eigenvalue weighted by Gasteiger charge is 2.08. The van der Waals surface area contributed by atoms with Gasteiger partial charge in [0.25, 0.3) is 0 Å². The fraction of sp³-hybridized carbons (Fsp3) is 0.125. The standard InChI is InChI=1S/C16H16N2O2/c1-12(17-18-14-8-3-2-4-9-14)15-10-6-5-7-13(15)11-16(19)20/h2-10,18H,11H2,1H3,(H,19,20)/b17-12-. The molecule has 0 bridgehead atoms.